The molecule has 2 nitrogen and oxygen atoms in total. The number of hydrogen-bond acceptors (Lipinski definition) is 2. The van der Waals surface area contributed by atoms with Crippen molar-refractivity contribution in [2.24, 2.45) is 0 Å². The molecule has 0 saturated heterocycles. The second kappa shape index (κ2) is 4.55. The standard InChI is InChI=1S/C18H22N2/c1-18(2,3)15-8-4-5-10-17(15)20-11-13-7-6-9-16(19)14(13)12-20/h4-10H,11-12,19H2,1-3H3. The molecule has 0 amide bonds. The SMILES string of the molecule is CC(C)(C)c1ccccc1N1Cc2cccc(N)c2C1. The fraction of sp³-hybridized carbons (Fsp3) is 0.333. The molecule has 2 aromatic rings. The molecular formula is C18H22N2. The molecule has 0 atom stereocenters. The van der Waals surface area contributed by atoms with Gasteiger partial charge in [0.1, 0.15) is 0 Å². The number of anilines is 2. The normalized spacial score (nSPS) is 14.4. The van der Waals surface area contributed by atoms with Crippen LogP contribution in [0.3, 0.4) is 0 Å². The quantitative estimate of drug-likeness (QED) is 0.788. The summed E-state index contributed by atoms with van der Waals surface area (Å²) >= 11 is 0. The number of nitrogens with two attached hydrogens (primary N) is 1. The van der Waals surface area contributed by atoms with E-state index in [-0.39, 0.29) is 5.41 Å². The van der Waals surface area contributed by atoms with Crippen molar-refractivity contribution in [1.82, 2.24) is 0 Å². The number of nitrogens with zero attached hydrogens (tertiary/aromatic N) is 1. The second-order valence-electron chi connectivity index (χ2n) is 6.61. The maximum Gasteiger partial charge on any atom is 0.0457 e. The number of para-hydroxylation sites is 1. The van der Waals surface area contributed by atoms with Gasteiger partial charge in [-0.15, -0.1) is 0 Å². The molecule has 0 spiro atoms. The van der Waals surface area contributed by atoms with Crippen LogP contribution in [-0.4, -0.2) is 0 Å². The van der Waals surface area contributed by atoms with Gasteiger partial charge in [-0.3, -0.25) is 0 Å². The lowest BCUT2D eigenvalue weighted by Gasteiger charge is -2.28. The Kier molecular flexibility index (Phi) is 2.97. The summed E-state index contributed by atoms with van der Waals surface area (Å²) in [5, 5.41) is 0. The van der Waals surface area contributed by atoms with Crippen molar-refractivity contribution in [1.29, 1.82) is 0 Å². The van der Waals surface area contributed by atoms with Crippen molar-refractivity contribution in [3.8, 4) is 0 Å². The molecule has 104 valence electrons. The number of fused-ring (bicyclic) bond motifs is 1. The number of benzene rings is 2. The minimum absolute atomic E-state index is 0.150. The number of rotatable bonds is 1. The van der Waals surface area contributed by atoms with Crippen LogP contribution in [0, 0.1) is 0 Å². The van der Waals surface area contributed by atoms with Gasteiger partial charge in [0.05, 0.1) is 0 Å². The van der Waals surface area contributed by atoms with Crippen LogP contribution in [0.15, 0.2) is 42.5 Å². The molecule has 1 aliphatic heterocycles. The van der Waals surface area contributed by atoms with Crippen LogP contribution in [0.2, 0.25) is 0 Å². The maximum atomic E-state index is 6.11. The second-order valence-corrected chi connectivity index (χ2v) is 6.61. The summed E-state index contributed by atoms with van der Waals surface area (Å²) in [6.45, 7) is 8.67. The van der Waals surface area contributed by atoms with Crippen molar-refractivity contribution >= 4 is 11.4 Å². The fourth-order valence-electron chi connectivity index (χ4n) is 3.00. The summed E-state index contributed by atoms with van der Waals surface area (Å²) in [7, 11) is 0. The van der Waals surface area contributed by atoms with E-state index in [0.717, 1.165) is 18.8 Å². The molecule has 3 rings (SSSR count). The van der Waals surface area contributed by atoms with Crippen LogP contribution in [0.25, 0.3) is 0 Å². The molecule has 1 heterocycles. The highest BCUT2D eigenvalue weighted by Gasteiger charge is 2.25. The van der Waals surface area contributed by atoms with E-state index in [1.54, 1.807) is 0 Å². The highest BCUT2D eigenvalue weighted by atomic mass is 15.1. The highest BCUT2D eigenvalue weighted by molar-refractivity contribution is 5.63. The fourth-order valence-corrected chi connectivity index (χ4v) is 3.00. The monoisotopic (exact) mass is 266 g/mol. The van der Waals surface area contributed by atoms with E-state index in [4.69, 9.17) is 5.73 Å². The zero-order chi connectivity index (χ0) is 14.3. The maximum absolute atomic E-state index is 6.11. The van der Waals surface area contributed by atoms with E-state index in [1.165, 1.54) is 22.4 Å². The van der Waals surface area contributed by atoms with Gasteiger partial charge in [-0.2, -0.15) is 0 Å². The largest absolute Gasteiger partial charge is 0.398 e. The van der Waals surface area contributed by atoms with Crippen molar-refractivity contribution in [3.63, 3.8) is 0 Å². The van der Waals surface area contributed by atoms with Gasteiger partial charge in [0.2, 0.25) is 0 Å². The molecule has 2 aromatic carbocycles. The van der Waals surface area contributed by atoms with E-state index in [9.17, 15) is 0 Å². The molecule has 0 fully saturated rings. The zero-order valence-corrected chi connectivity index (χ0v) is 12.5. The Hall–Kier alpha value is -1.96. The lowest BCUT2D eigenvalue weighted by molar-refractivity contribution is 0.587. The van der Waals surface area contributed by atoms with Crippen LogP contribution in [0.5, 0.6) is 0 Å². The Bertz CT molecular complexity index is 638. The van der Waals surface area contributed by atoms with Crippen molar-refractivity contribution in [3.05, 3.63) is 59.2 Å². The molecule has 2 N–H and O–H groups in total. The van der Waals surface area contributed by atoms with E-state index in [2.05, 4.69) is 56.0 Å². The van der Waals surface area contributed by atoms with Crippen LogP contribution < -0.4 is 10.6 Å². The third kappa shape index (κ3) is 2.15. The first-order valence-electron chi connectivity index (χ1n) is 7.17. The molecule has 0 radical (unpaired) electrons. The Labute approximate surface area is 121 Å². The summed E-state index contributed by atoms with van der Waals surface area (Å²) in [4.78, 5) is 2.43. The van der Waals surface area contributed by atoms with Crippen LogP contribution in [0.1, 0.15) is 37.5 Å². The average molecular weight is 266 g/mol. The summed E-state index contributed by atoms with van der Waals surface area (Å²) in [6.07, 6.45) is 0. The molecule has 0 aliphatic carbocycles. The Morgan fingerprint density at radius 3 is 2.40 bits per heavy atom. The Morgan fingerprint density at radius 2 is 1.70 bits per heavy atom. The van der Waals surface area contributed by atoms with Crippen molar-refractivity contribution in [2.45, 2.75) is 39.3 Å². The van der Waals surface area contributed by atoms with E-state index >= 15 is 0 Å². The topological polar surface area (TPSA) is 29.3 Å². The third-order valence-corrected chi connectivity index (χ3v) is 4.07. The van der Waals surface area contributed by atoms with Crippen LogP contribution in [0.4, 0.5) is 11.4 Å². The Morgan fingerprint density at radius 1 is 0.950 bits per heavy atom. The smallest absolute Gasteiger partial charge is 0.0457 e. The zero-order valence-electron chi connectivity index (χ0n) is 12.5. The Balaban J connectivity index is 2.00. The lowest BCUT2D eigenvalue weighted by atomic mass is 9.85. The molecule has 20 heavy (non-hydrogen) atoms. The van der Waals surface area contributed by atoms with E-state index in [0.29, 0.717) is 0 Å². The van der Waals surface area contributed by atoms with Gasteiger partial charge in [-0.1, -0.05) is 51.1 Å². The molecule has 0 saturated carbocycles. The highest BCUT2D eigenvalue weighted by Crippen LogP contribution is 2.37. The summed E-state index contributed by atoms with van der Waals surface area (Å²) in [5.41, 5.74) is 12.5. The van der Waals surface area contributed by atoms with Crippen molar-refractivity contribution < 1.29 is 0 Å². The van der Waals surface area contributed by atoms with Crippen LogP contribution in [-0.2, 0) is 18.5 Å². The van der Waals surface area contributed by atoms with Gasteiger partial charge in [-0.05, 0) is 34.2 Å². The predicted molar refractivity (Wildman–Crippen MR) is 85.9 cm³/mol. The first-order valence-corrected chi connectivity index (χ1v) is 7.17. The van der Waals surface area contributed by atoms with Gasteiger partial charge in [0.25, 0.3) is 0 Å². The average Bonchev–Trinajstić information content (AvgIpc) is 2.83. The minimum Gasteiger partial charge on any atom is -0.398 e. The first kappa shape index (κ1) is 13.0. The first-order chi connectivity index (χ1) is 9.47. The van der Waals surface area contributed by atoms with Gasteiger partial charge in [0.15, 0.2) is 0 Å². The molecule has 0 unspecified atom stereocenters. The molecule has 2 heteroatoms. The predicted octanol–water partition coefficient (Wildman–Crippen LogP) is 4.09. The van der Waals surface area contributed by atoms with Gasteiger partial charge >= 0.3 is 0 Å². The molecule has 0 aromatic heterocycles. The summed E-state index contributed by atoms with van der Waals surface area (Å²) in [5.74, 6) is 0. The van der Waals surface area contributed by atoms with E-state index in [1.807, 2.05) is 12.1 Å². The van der Waals surface area contributed by atoms with Gasteiger partial charge in [0, 0.05) is 24.5 Å². The summed E-state index contributed by atoms with van der Waals surface area (Å²) in [6, 6.07) is 14.9. The van der Waals surface area contributed by atoms with Gasteiger partial charge < -0.3 is 10.6 Å². The van der Waals surface area contributed by atoms with Crippen LogP contribution >= 0.6 is 0 Å². The molecule has 1 aliphatic rings. The number of nitrogen functional groups attached to an aromatic ring is 1. The van der Waals surface area contributed by atoms with Gasteiger partial charge in [-0.25, -0.2) is 0 Å². The van der Waals surface area contributed by atoms with Crippen molar-refractivity contribution in [2.75, 3.05) is 10.6 Å². The molecule has 0 bridgehead atoms. The molecular weight excluding hydrogens is 244 g/mol. The minimum atomic E-state index is 0.150. The summed E-state index contributed by atoms with van der Waals surface area (Å²) < 4.78 is 0. The lowest BCUT2D eigenvalue weighted by Crippen LogP contribution is -2.21. The third-order valence-electron chi connectivity index (χ3n) is 4.07. The number of hydrogen-bond donors (Lipinski definition) is 1. The van der Waals surface area contributed by atoms with E-state index < -0.39 is 0 Å².